The largest absolute Gasteiger partial charge is 0.494 e. The number of fused-ring (bicyclic) bond motifs is 2. The van der Waals surface area contributed by atoms with E-state index in [9.17, 15) is 4.79 Å². The van der Waals surface area contributed by atoms with E-state index in [0.29, 0.717) is 17.5 Å². The highest BCUT2D eigenvalue weighted by Crippen LogP contribution is 2.63. The van der Waals surface area contributed by atoms with Crippen molar-refractivity contribution in [3.63, 3.8) is 0 Å². The second-order valence-electron chi connectivity index (χ2n) is 13.4. The summed E-state index contributed by atoms with van der Waals surface area (Å²) >= 11 is 0. The van der Waals surface area contributed by atoms with E-state index in [-0.39, 0.29) is 17.1 Å². The van der Waals surface area contributed by atoms with Gasteiger partial charge in [-0.15, -0.1) is 0 Å². The SMILES string of the molecule is CC1(C)C(=O)N(C2CC(N3CC4C(C3)C4(C)C)C2)c2cc(B3OC(C)(C)C(C)(C)O3)ccc21. The molecule has 4 fully saturated rings. The van der Waals surface area contributed by atoms with Crippen LogP contribution in [0.1, 0.15) is 73.8 Å². The van der Waals surface area contributed by atoms with Crippen LogP contribution in [-0.2, 0) is 19.5 Å². The van der Waals surface area contributed by atoms with E-state index in [0.717, 1.165) is 41.4 Å². The van der Waals surface area contributed by atoms with Crippen LogP contribution >= 0.6 is 0 Å². The number of hydrogen-bond donors (Lipinski definition) is 0. The Labute approximate surface area is 199 Å². The van der Waals surface area contributed by atoms with Crippen LogP contribution in [0.3, 0.4) is 0 Å². The summed E-state index contributed by atoms with van der Waals surface area (Å²) in [5, 5.41) is 0. The quantitative estimate of drug-likeness (QED) is 0.659. The standard InChI is InChI=1S/C27H39BN2O3/c1-24(2)20-14-29(15-21(20)24)17-12-18(13-17)30-22-11-16(9-10-19(22)25(3,4)23(30)31)28-32-26(5,6)27(7,8)33-28/h9-11,17-18,20-21H,12-15H2,1-8H3. The average molecular weight is 450 g/mol. The van der Waals surface area contributed by atoms with E-state index in [1.165, 1.54) is 13.1 Å². The Morgan fingerprint density at radius 1 is 0.879 bits per heavy atom. The summed E-state index contributed by atoms with van der Waals surface area (Å²) in [7, 11) is -0.408. The van der Waals surface area contributed by atoms with Crippen molar-refractivity contribution >= 4 is 24.2 Å². The lowest BCUT2D eigenvalue weighted by Crippen LogP contribution is -2.56. The van der Waals surface area contributed by atoms with Crippen molar-refractivity contribution in [2.45, 2.75) is 96.9 Å². The van der Waals surface area contributed by atoms with E-state index in [4.69, 9.17) is 9.31 Å². The fourth-order valence-corrected chi connectivity index (χ4v) is 6.82. The minimum absolute atomic E-state index is 0.234. The number of carbonyl (C=O) groups excluding carboxylic acids is 1. The molecule has 1 aromatic rings. The van der Waals surface area contributed by atoms with Gasteiger partial charge in [0.2, 0.25) is 5.91 Å². The molecule has 2 unspecified atom stereocenters. The Kier molecular flexibility index (Phi) is 4.32. The topological polar surface area (TPSA) is 42.0 Å². The van der Waals surface area contributed by atoms with Gasteiger partial charge < -0.3 is 14.2 Å². The number of carbonyl (C=O) groups is 1. The van der Waals surface area contributed by atoms with E-state index in [1.807, 2.05) is 0 Å². The van der Waals surface area contributed by atoms with Crippen LogP contribution in [0.2, 0.25) is 0 Å². The highest BCUT2D eigenvalue weighted by atomic mass is 16.7. The Balaban J connectivity index is 1.22. The molecule has 2 saturated heterocycles. The summed E-state index contributed by atoms with van der Waals surface area (Å²) in [6.45, 7) is 19.8. The maximum atomic E-state index is 13.6. The van der Waals surface area contributed by atoms with Crippen LogP contribution in [0, 0.1) is 17.3 Å². The monoisotopic (exact) mass is 450 g/mol. The van der Waals surface area contributed by atoms with Crippen molar-refractivity contribution in [3.05, 3.63) is 23.8 Å². The Hall–Kier alpha value is -1.37. The molecule has 1 aromatic carbocycles. The molecule has 6 heteroatoms. The maximum absolute atomic E-state index is 13.6. The Bertz CT molecular complexity index is 996. The zero-order valence-electron chi connectivity index (χ0n) is 21.6. The summed E-state index contributed by atoms with van der Waals surface area (Å²) in [5.74, 6) is 2.00. The molecule has 178 valence electrons. The van der Waals surface area contributed by atoms with E-state index in [1.54, 1.807) is 0 Å². The first-order valence-electron chi connectivity index (χ1n) is 12.8. The molecule has 2 atom stereocenters. The van der Waals surface area contributed by atoms with Crippen molar-refractivity contribution in [3.8, 4) is 0 Å². The normalized spacial score (nSPS) is 37.2. The van der Waals surface area contributed by atoms with Crippen molar-refractivity contribution in [1.29, 1.82) is 0 Å². The first kappa shape index (κ1) is 22.1. The number of benzene rings is 1. The summed E-state index contributed by atoms with van der Waals surface area (Å²) in [6, 6.07) is 7.29. The molecule has 3 aliphatic heterocycles. The van der Waals surface area contributed by atoms with Gasteiger partial charge in [0, 0.05) is 30.9 Å². The molecular weight excluding hydrogens is 411 g/mol. The van der Waals surface area contributed by atoms with Crippen LogP contribution in [0.15, 0.2) is 18.2 Å². The van der Waals surface area contributed by atoms with Crippen LogP contribution in [-0.4, -0.2) is 54.3 Å². The zero-order valence-corrected chi connectivity index (χ0v) is 21.6. The minimum atomic E-state index is -0.492. The number of rotatable bonds is 3. The molecule has 5 aliphatic rings. The van der Waals surface area contributed by atoms with Gasteiger partial charge in [-0.2, -0.15) is 0 Å². The molecule has 2 aliphatic carbocycles. The molecule has 3 heterocycles. The molecule has 0 bridgehead atoms. The molecule has 6 rings (SSSR count). The van der Waals surface area contributed by atoms with E-state index >= 15 is 0 Å². The Morgan fingerprint density at radius 2 is 1.45 bits per heavy atom. The van der Waals surface area contributed by atoms with Gasteiger partial charge >= 0.3 is 7.12 Å². The molecule has 0 N–H and O–H groups in total. The number of anilines is 1. The lowest BCUT2D eigenvalue weighted by Gasteiger charge is -2.46. The maximum Gasteiger partial charge on any atom is 0.494 e. The van der Waals surface area contributed by atoms with E-state index < -0.39 is 12.5 Å². The summed E-state index contributed by atoms with van der Waals surface area (Å²) in [6.07, 6.45) is 2.17. The van der Waals surface area contributed by atoms with Crippen molar-refractivity contribution in [2.24, 2.45) is 17.3 Å². The van der Waals surface area contributed by atoms with Crippen LogP contribution in [0.5, 0.6) is 0 Å². The highest BCUT2D eigenvalue weighted by molar-refractivity contribution is 6.62. The minimum Gasteiger partial charge on any atom is -0.399 e. The van der Waals surface area contributed by atoms with Crippen molar-refractivity contribution < 1.29 is 14.1 Å². The second kappa shape index (κ2) is 6.44. The third-order valence-electron chi connectivity index (χ3n) is 10.4. The number of piperidine rings is 1. The Morgan fingerprint density at radius 3 is 2.03 bits per heavy atom. The fraction of sp³-hybridized carbons (Fsp3) is 0.741. The number of likely N-dealkylation sites (tertiary alicyclic amines) is 1. The van der Waals surface area contributed by atoms with Gasteiger partial charge in [0.1, 0.15) is 0 Å². The predicted octanol–water partition coefficient (Wildman–Crippen LogP) is 3.73. The molecule has 5 nitrogen and oxygen atoms in total. The summed E-state index contributed by atoms with van der Waals surface area (Å²) in [5.41, 5.74) is 2.49. The molecule has 0 spiro atoms. The van der Waals surface area contributed by atoms with Gasteiger partial charge in [0.15, 0.2) is 0 Å². The van der Waals surface area contributed by atoms with Crippen molar-refractivity contribution in [2.75, 3.05) is 18.0 Å². The number of amides is 1. The smallest absolute Gasteiger partial charge is 0.399 e. The lowest BCUT2D eigenvalue weighted by atomic mass is 9.76. The highest BCUT2D eigenvalue weighted by Gasteiger charge is 2.63. The average Bonchev–Trinajstić information content (AvgIpc) is 3.02. The molecule has 0 radical (unpaired) electrons. The van der Waals surface area contributed by atoms with Crippen LogP contribution in [0.25, 0.3) is 0 Å². The first-order valence-corrected chi connectivity index (χ1v) is 12.8. The molecule has 1 amide bonds. The van der Waals surface area contributed by atoms with Crippen LogP contribution < -0.4 is 10.4 Å². The molecule has 2 saturated carbocycles. The van der Waals surface area contributed by atoms with Gasteiger partial charge in [-0.05, 0) is 88.7 Å². The zero-order chi connectivity index (χ0) is 23.7. The second-order valence-corrected chi connectivity index (χ2v) is 13.4. The van der Waals surface area contributed by atoms with Crippen LogP contribution in [0.4, 0.5) is 5.69 Å². The molecular formula is C27H39BN2O3. The number of nitrogens with zero attached hydrogens (tertiary/aromatic N) is 2. The first-order chi connectivity index (χ1) is 15.2. The van der Waals surface area contributed by atoms with Gasteiger partial charge in [-0.3, -0.25) is 9.69 Å². The summed E-state index contributed by atoms with van der Waals surface area (Å²) < 4.78 is 12.6. The molecule has 0 aromatic heterocycles. The van der Waals surface area contributed by atoms with Gasteiger partial charge in [0.05, 0.1) is 16.6 Å². The predicted molar refractivity (Wildman–Crippen MR) is 132 cm³/mol. The lowest BCUT2D eigenvalue weighted by molar-refractivity contribution is -0.123. The fourth-order valence-electron chi connectivity index (χ4n) is 6.82. The third kappa shape index (κ3) is 2.93. The van der Waals surface area contributed by atoms with E-state index in [2.05, 4.69) is 83.4 Å². The molecule has 33 heavy (non-hydrogen) atoms. The van der Waals surface area contributed by atoms with Gasteiger partial charge in [0.25, 0.3) is 0 Å². The number of hydrogen-bond acceptors (Lipinski definition) is 4. The van der Waals surface area contributed by atoms with Gasteiger partial charge in [-0.1, -0.05) is 26.0 Å². The summed E-state index contributed by atoms with van der Waals surface area (Å²) in [4.78, 5) is 18.4. The van der Waals surface area contributed by atoms with Gasteiger partial charge in [-0.25, -0.2) is 0 Å². The van der Waals surface area contributed by atoms with Crippen molar-refractivity contribution in [1.82, 2.24) is 4.90 Å². The third-order valence-corrected chi connectivity index (χ3v) is 10.4.